The number of urea groups is 1. The average Bonchev–Trinajstić information content (AvgIpc) is 3.00. The SMILES string of the molecule is O=C(O)CN1C(=O)C(Cc2ccccc2)NC12CCN(C(=O)Nc1cccc(F)c1)CC2. The van der Waals surface area contributed by atoms with Gasteiger partial charge in [0.15, 0.2) is 0 Å². The predicted molar refractivity (Wildman–Crippen MR) is 115 cm³/mol. The smallest absolute Gasteiger partial charge is 0.323 e. The second kappa shape index (κ2) is 8.96. The monoisotopic (exact) mass is 440 g/mol. The van der Waals surface area contributed by atoms with Crippen LogP contribution in [-0.4, -0.2) is 64.2 Å². The summed E-state index contributed by atoms with van der Waals surface area (Å²) in [7, 11) is 0. The first-order valence-corrected chi connectivity index (χ1v) is 10.5. The number of hydrogen-bond donors (Lipinski definition) is 3. The zero-order chi connectivity index (χ0) is 22.7. The molecule has 8 nitrogen and oxygen atoms in total. The lowest BCUT2D eigenvalue weighted by Gasteiger charge is -2.44. The van der Waals surface area contributed by atoms with E-state index in [2.05, 4.69) is 10.6 Å². The fraction of sp³-hybridized carbons (Fsp3) is 0.348. The van der Waals surface area contributed by atoms with Crippen LogP contribution in [-0.2, 0) is 16.0 Å². The molecule has 32 heavy (non-hydrogen) atoms. The fourth-order valence-electron chi connectivity index (χ4n) is 4.48. The lowest BCUT2D eigenvalue weighted by atomic mass is 9.96. The molecule has 2 aromatic carbocycles. The molecule has 1 atom stereocenters. The summed E-state index contributed by atoms with van der Waals surface area (Å²) in [5.41, 5.74) is 0.530. The third-order valence-corrected chi connectivity index (χ3v) is 6.05. The van der Waals surface area contributed by atoms with Gasteiger partial charge in [0.1, 0.15) is 12.4 Å². The molecule has 0 aromatic heterocycles. The Morgan fingerprint density at radius 3 is 2.50 bits per heavy atom. The molecule has 1 unspecified atom stereocenters. The van der Waals surface area contributed by atoms with Crippen LogP contribution in [0.5, 0.6) is 0 Å². The maximum absolute atomic E-state index is 13.4. The van der Waals surface area contributed by atoms with Crippen molar-refractivity contribution in [1.82, 2.24) is 15.1 Å². The first-order valence-electron chi connectivity index (χ1n) is 10.5. The topological polar surface area (TPSA) is 102 Å². The Kier molecular flexibility index (Phi) is 6.09. The van der Waals surface area contributed by atoms with Gasteiger partial charge in [0.05, 0.1) is 11.7 Å². The highest BCUT2D eigenvalue weighted by molar-refractivity contribution is 5.90. The van der Waals surface area contributed by atoms with Gasteiger partial charge in [-0.15, -0.1) is 0 Å². The number of benzene rings is 2. The Morgan fingerprint density at radius 1 is 1.12 bits per heavy atom. The summed E-state index contributed by atoms with van der Waals surface area (Å²) in [6, 6.07) is 14.3. The fourth-order valence-corrected chi connectivity index (χ4v) is 4.48. The maximum atomic E-state index is 13.4. The van der Waals surface area contributed by atoms with Crippen molar-refractivity contribution in [3.8, 4) is 0 Å². The number of carbonyl (C=O) groups is 3. The van der Waals surface area contributed by atoms with E-state index in [0.29, 0.717) is 38.0 Å². The van der Waals surface area contributed by atoms with Gasteiger partial charge >= 0.3 is 12.0 Å². The molecule has 3 N–H and O–H groups in total. The zero-order valence-corrected chi connectivity index (χ0v) is 17.5. The first kappa shape index (κ1) is 21.8. The van der Waals surface area contributed by atoms with E-state index in [9.17, 15) is 23.9 Å². The molecule has 168 valence electrons. The molecule has 0 radical (unpaired) electrons. The second-order valence-corrected chi connectivity index (χ2v) is 8.16. The molecule has 1 spiro atoms. The van der Waals surface area contributed by atoms with Crippen molar-refractivity contribution in [2.24, 2.45) is 0 Å². The molecule has 2 aromatic rings. The number of amides is 3. The number of anilines is 1. The zero-order valence-electron chi connectivity index (χ0n) is 17.5. The van der Waals surface area contributed by atoms with Crippen LogP contribution >= 0.6 is 0 Å². The summed E-state index contributed by atoms with van der Waals surface area (Å²) in [4.78, 5) is 40.2. The van der Waals surface area contributed by atoms with Crippen LogP contribution < -0.4 is 10.6 Å². The first-order chi connectivity index (χ1) is 15.4. The quantitative estimate of drug-likeness (QED) is 0.662. The van der Waals surface area contributed by atoms with E-state index in [-0.39, 0.29) is 11.9 Å². The Bertz CT molecular complexity index is 1010. The Morgan fingerprint density at radius 2 is 1.84 bits per heavy atom. The van der Waals surface area contributed by atoms with Gasteiger partial charge in [0.25, 0.3) is 0 Å². The van der Waals surface area contributed by atoms with Crippen LogP contribution in [0.1, 0.15) is 18.4 Å². The van der Waals surface area contributed by atoms with Gasteiger partial charge in [0.2, 0.25) is 5.91 Å². The van der Waals surface area contributed by atoms with Crippen molar-refractivity contribution >= 4 is 23.6 Å². The Labute approximate surface area is 185 Å². The largest absolute Gasteiger partial charge is 0.480 e. The molecular formula is C23H25FN4O4. The summed E-state index contributed by atoms with van der Waals surface area (Å²) >= 11 is 0. The number of rotatable bonds is 5. The number of nitrogens with zero attached hydrogens (tertiary/aromatic N) is 2. The minimum atomic E-state index is -1.08. The van der Waals surface area contributed by atoms with Gasteiger partial charge in [-0.2, -0.15) is 0 Å². The molecule has 2 aliphatic rings. The van der Waals surface area contributed by atoms with Gasteiger partial charge in [-0.05, 0) is 30.2 Å². The van der Waals surface area contributed by atoms with Gasteiger partial charge < -0.3 is 20.2 Å². The molecule has 0 saturated carbocycles. The van der Waals surface area contributed by atoms with Gasteiger partial charge in [-0.1, -0.05) is 36.4 Å². The van der Waals surface area contributed by atoms with Crippen molar-refractivity contribution in [2.45, 2.75) is 31.0 Å². The third kappa shape index (κ3) is 4.57. The number of carbonyl (C=O) groups excluding carboxylic acids is 2. The van der Waals surface area contributed by atoms with Crippen LogP contribution in [0.2, 0.25) is 0 Å². The van der Waals surface area contributed by atoms with Gasteiger partial charge in [-0.3, -0.25) is 14.9 Å². The van der Waals surface area contributed by atoms with Crippen LogP contribution in [0.4, 0.5) is 14.9 Å². The highest BCUT2D eigenvalue weighted by Crippen LogP contribution is 2.33. The Hall–Kier alpha value is -3.46. The van der Waals surface area contributed by atoms with E-state index < -0.39 is 30.0 Å². The van der Waals surface area contributed by atoms with Crippen LogP contribution in [0.15, 0.2) is 54.6 Å². The van der Waals surface area contributed by atoms with Gasteiger partial charge in [-0.25, -0.2) is 9.18 Å². The lowest BCUT2D eigenvalue weighted by Crippen LogP contribution is -2.60. The maximum Gasteiger partial charge on any atom is 0.323 e. The van der Waals surface area contributed by atoms with Crippen molar-refractivity contribution < 1.29 is 23.9 Å². The molecule has 2 heterocycles. The number of nitrogens with one attached hydrogen (secondary N) is 2. The number of aliphatic carboxylic acids is 1. The number of carboxylic acid groups (broad SMARTS) is 1. The van der Waals surface area contributed by atoms with E-state index in [1.807, 2.05) is 30.3 Å². The van der Waals surface area contributed by atoms with E-state index in [4.69, 9.17) is 0 Å². The standard InChI is InChI=1S/C23H25FN4O4/c24-17-7-4-8-18(14-17)25-22(32)27-11-9-23(10-12-27)26-19(13-16-5-2-1-3-6-16)21(31)28(23)15-20(29)30/h1-8,14,19,26H,9-13,15H2,(H,25,32)(H,29,30). The highest BCUT2D eigenvalue weighted by Gasteiger charge is 2.52. The molecule has 2 aliphatic heterocycles. The third-order valence-electron chi connectivity index (χ3n) is 6.05. The molecule has 2 saturated heterocycles. The summed E-state index contributed by atoms with van der Waals surface area (Å²) in [5.74, 6) is -1.76. The van der Waals surface area contributed by atoms with Crippen molar-refractivity contribution in [3.05, 3.63) is 66.0 Å². The average molecular weight is 440 g/mol. The number of likely N-dealkylation sites (tertiary alicyclic amines) is 1. The number of piperidine rings is 1. The second-order valence-electron chi connectivity index (χ2n) is 8.16. The summed E-state index contributed by atoms with van der Waals surface area (Å²) in [5, 5.41) is 15.4. The molecule has 2 fully saturated rings. The minimum Gasteiger partial charge on any atom is -0.480 e. The molecule has 0 bridgehead atoms. The van der Waals surface area contributed by atoms with E-state index in [0.717, 1.165) is 5.56 Å². The van der Waals surface area contributed by atoms with E-state index >= 15 is 0 Å². The van der Waals surface area contributed by atoms with Gasteiger partial charge in [0, 0.05) is 31.6 Å². The van der Waals surface area contributed by atoms with E-state index in [1.165, 1.54) is 23.1 Å². The molecule has 9 heteroatoms. The number of carboxylic acids is 1. The van der Waals surface area contributed by atoms with Crippen molar-refractivity contribution in [3.63, 3.8) is 0 Å². The van der Waals surface area contributed by atoms with Crippen molar-refractivity contribution in [1.29, 1.82) is 0 Å². The highest BCUT2D eigenvalue weighted by atomic mass is 19.1. The molecular weight excluding hydrogens is 415 g/mol. The predicted octanol–water partition coefficient (Wildman–Crippen LogP) is 2.28. The van der Waals surface area contributed by atoms with Crippen LogP contribution in [0, 0.1) is 5.82 Å². The van der Waals surface area contributed by atoms with Crippen molar-refractivity contribution in [2.75, 3.05) is 25.0 Å². The normalized spacial score (nSPS) is 19.9. The molecule has 4 rings (SSSR count). The summed E-state index contributed by atoms with van der Waals surface area (Å²) in [6.45, 7) is 0.262. The number of hydrogen-bond acceptors (Lipinski definition) is 4. The lowest BCUT2D eigenvalue weighted by molar-refractivity contribution is -0.147. The molecule has 0 aliphatic carbocycles. The minimum absolute atomic E-state index is 0.242. The number of halogens is 1. The van der Waals surface area contributed by atoms with Crippen LogP contribution in [0.3, 0.4) is 0 Å². The summed E-state index contributed by atoms with van der Waals surface area (Å²) in [6.07, 6.45) is 1.25. The van der Waals surface area contributed by atoms with E-state index in [1.54, 1.807) is 11.0 Å². The summed E-state index contributed by atoms with van der Waals surface area (Å²) < 4.78 is 13.4. The Balaban J connectivity index is 1.45. The van der Waals surface area contributed by atoms with Crippen LogP contribution in [0.25, 0.3) is 0 Å². The molecule has 3 amide bonds.